The van der Waals surface area contributed by atoms with Crippen LogP contribution in [0.15, 0.2) is 120 Å². The molecule has 0 unspecified atom stereocenters. The minimum atomic E-state index is -3.83. The smallest absolute Gasteiger partial charge is 0.297 e. The van der Waals surface area contributed by atoms with Crippen molar-refractivity contribution >= 4 is 10.1 Å². The van der Waals surface area contributed by atoms with Gasteiger partial charge >= 0.3 is 0 Å². The predicted molar refractivity (Wildman–Crippen MR) is 132 cm³/mol. The lowest BCUT2D eigenvalue weighted by Gasteiger charge is -2.37. The molecule has 33 heavy (non-hydrogen) atoms. The molecule has 4 aromatic rings. The molecule has 0 bridgehead atoms. The zero-order chi connectivity index (χ0) is 23.2. The van der Waals surface area contributed by atoms with Crippen LogP contribution in [0.3, 0.4) is 0 Å². The molecule has 168 valence electrons. The Morgan fingerprint density at radius 1 is 0.667 bits per heavy atom. The topological polar surface area (TPSA) is 55.4 Å². The molecule has 0 spiro atoms. The number of hydrogen-bond acceptors (Lipinski definition) is 4. The first-order chi connectivity index (χ1) is 16.0. The van der Waals surface area contributed by atoms with Crippen LogP contribution in [0.4, 0.5) is 0 Å². The SMILES string of the molecule is Cc1ccc(S(=O)(=O)OCCNC(c2ccccc2)(c2ccccc2)c2ccccc2)cc1. The fourth-order valence-electron chi connectivity index (χ4n) is 4.03. The minimum absolute atomic E-state index is 0.00443. The molecule has 0 radical (unpaired) electrons. The number of rotatable bonds is 9. The third-order valence-corrected chi connectivity index (χ3v) is 6.99. The van der Waals surface area contributed by atoms with Crippen LogP contribution in [0.25, 0.3) is 0 Å². The summed E-state index contributed by atoms with van der Waals surface area (Å²) in [5.74, 6) is 0. The van der Waals surface area contributed by atoms with E-state index >= 15 is 0 Å². The number of hydrogen-bond donors (Lipinski definition) is 1. The van der Waals surface area contributed by atoms with Gasteiger partial charge in [0.15, 0.2) is 0 Å². The molecule has 4 aromatic carbocycles. The average Bonchev–Trinajstić information content (AvgIpc) is 2.86. The van der Waals surface area contributed by atoms with Crippen LogP contribution in [0.2, 0.25) is 0 Å². The van der Waals surface area contributed by atoms with Crippen molar-refractivity contribution in [3.05, 3.63) is 138 Å². The molecule has 0 amide bonds. The summed E-state index contributed by atoms with van der Waals surface area (Å²) < 4.78 is 30.6. The Labute approximate surface area is 196 Å². The van der Waals surface area contributed by atoms with Gasteiger partial charge in [-0.25, -0.2) is 0 Å². The summed E-state index contributed by atoms with van der Waals surface area (Å²) in [6.07, 6.45) is 0. The van der Waals surface area contributed by atoms with Crippen molar-refractivity contribution in [2.45, 2.75) is 17.4 Å². The van der Waals surface area contributed by atoms with E-state index in [2.05, 4.69) is 41.7 Å². The van der Waals surface area contributed by atoms with E-state index in [1.54, 1.807) is 24.3 Å². The van der Waals surface area contributed by atoms with E-state index in [0.717, 1.165) is 22.3 Å². The fraction of sp³-hybridized carbons (Fsp3) is 0.143. The van der Waals surface area contributed by atoms with Crippen molar-refractivity contribution in [2.24, 2.45) is 0 Å². The fourth-order valence-corrected chi connectivity index (χ4v) is 4.94. The largest absolute Gasteiger partial charge is 0.298 e. The van der Waals surface area contributed by atoms with Crippen molar-refractivity contribution in [1.82, 2.24) is 5.32 Å². The van der Waals surface area contributed by atoms with Crippen molar-refractivity contribution < 1.29 is 12.6 Å². The molecule has 0 heterocycles. The molecular weight excluding hydrogens is 430 g/mol. The van der Waals surface area contributed by atoms with E-state index in [1.807, 2.05) is 61.5 Å². The number of benzene rings is 4. The first kappa shape index (κ1) is 22.9. The molecule has 0 atom stereocenters. The lowest BCUT2D eigenvalue weighted by atomic mass is 9.77. The van der Waals surface area contributed by atoms with Crippen LogP contribution in [0.1, 0.15) is 22.3 Å². The minimum Gasteiger partial charge on any atom is -0.298 e. The molecule has 0 saturated carbocycles. The summed E-state index contributed by atoms with van der Waals surface area (Å²) in [6.45, 7) is 2.24. The molecule has 1 N–H and O–H groups in total. The third-order valence-electron chi connectivity index (χ3n) is 5.66. The van der Waals surface area contributed by atoms with E-state index in [0.29, 0.717) is 6.54 Å². The predicted octanol–water partition coefficient (Wildman–Crippen LogP) is 5.28. The number of aryl methyl sites for hydroxylation is 1. The van der Waals surface area contributed by atoms with Gasteiger partial charge in [0, 0.05) is 6.54 Å². The van der Waals surface area contributed by atoms with Gasteiger partial charge in [-0.1, -0.05) is 109 Å². The van der Waals surface area contributed by atoms with Crippen LogP contribution < -0.4 is 5.32 Å². The van der Waals surface area contributed by atoms with Gasteiger partial charge in [0.1, 0.15) is 0 Å². The Kier molecular flexibility index (Phi) is 7.04. The highest BCUT2D eigenvalue weighted by Gasteiger charge is 2.35. The van der Waals surface area contributed by atoms with E-state index < -0.39 is 15.7 Å². The van der Waals surface area contributed by atoms with Gasteiger partial charge in [-0.2, -0.15) is 8.42 Å². The van der Waals surface area contributed by atoms with Crippen molar-refractivity contribution in [3.63, 3.8) is 0 Å². The maximum absolute atomic E-state index is 12.6. The van der Waals surface area contributed by atoms with Gasteiger partial charge in [-0.05, 0) is 35.7 Å². The van der Waals surface area contributed by atoms with Crippen molar-refractivity contribution in [1.29, 1.82) is 0 Å². The van der Waals surface area contributed by atoms with Crippen LogP contribution in [0, 0.1) is 6.92 Å². The zero-order valence-electron chi connectivity index (χ0n) is 18.5. The monoisotopic (exact) mass is 457 g/mol. The average molecular weight is 458 g/mol. The summed E-state index contributed by atoms with van der Waals surface area (Å²) in [7, 11) is -3.83. The highest BCUT2D eigenvalue weighted by molar-refractivity contribution is 7.86. The number of nitrogens with one attached hydrogen (secondary N) is 1. The van der Waals surface area contributed by atoms with Gasteiger partial charge in [0.25, 0.3) is 10.1 Å². The maximum atomic E-state index is 12.6. The molecular formula is C28H27NO3S. The second-order valence-corrected chi connectivity index (χ2v) is 9.48. The molecule has 0 aliphatic rings. The second kappa shape index (κ2) is 10.1. The second-order valence-electron chi connectivity index (χ2n) is 7.86. The van der Waals surface area contributed by atoms with Crippen LogP contribution >= 0.6 is 0 Å². The van der Waals surface area contributed by atoms with Gasteiger partial charge in [0.2, 0.25) is 0 Å². The lowest BCUT2D eigenvalue weighted by Crippen LogP contribution is -2.46. The van der Waals surface area contributed by atoms with Crippen LogP contribution in [0.5, 0.6) is 0 Å². The standard InChI is InChI=1S/C28H27NO3S/c1-23-17-19-27(20-18-23)33(30,31)32-22-21-29-28(24-11-5-2-6-12-24,25-13-7-3-8-14-25)26-15-9-4-10-16-26/h2-20,29H,21-22H2,1H3. The Hall–Kier alpha value is -3.25. The van der Waals surface area contributed by atoms with E-state index in [-0.39, 0.29) is 11.5 Å². The Balaban J connectivity index is 1.64. The molecule has 0 aliphatic heterocycles. The Morgan fingerprint density at radius 3 is 1.52 bits per heavy atom. The first-order valence-corrected chi connectivity index (χ1v) is 12.3. The summed E-state index contributed by atoms with van der Waals surface area (Å²) in [6, 6.07) is 37.2. The van der Waals surface area contributed by atoms with E-state index in [1.165, 1.54) is 0 Å². The van der Waals surface area contributed by atoms with Crippen LogP contribution in [-0.4, -0.2) is 21.6 Å². The van der Waals surface area contributed by atoms with Crippen molar-refractivity contribution in [2.75, 3.05) is 13.2 Å². The maximum Gasteiger partial charge on any atom is 0.297 e. The van der Waals surface area contributed by atoms with E-state index in [9.17, 15) is 8.42 Å². The van der Waals surface area contributed by atoms with Gasteiger partial charge < -0.3 is 0 Å². The summed E-state index contributed by atoms with van der Waals surface area (Å²) >= 11 is 0. The van der Waals surface area contributed by atoms with Gasteiger partial charge in [-0.3, -0.25) is 9.50 Å². The molecule has 0 saturated heterocycles. The van der Waals surface area contributed by atoms with Gasteiger partial charge in [-0.15, -0.1) is 0 Å². The quantitative estimate of drug-likeness (QED) is 0.211. The summed E-state index contributed by atoms with van der Waals surface area (Å²) in [5.41, 5.74) is 3.51. The molecule has 0 aliphatic carbocycles. The van der Waals surface area contributed by atoms with Crippen LogP contribution in [-0.2, 0) is 19.8 Å². The lowest BCUT2D eigenvalue weighted by molar-refractivity contribution is 0.300. The Bertz CT molecular complexity index is 1160. The molecule has 0 fully saturated rings. The molecule has 5 heteroatoms. The highest BCUT2D eigenvalue weighted by atomic mass is 32.2. The van der Waals surface area contributed by atoms with Gasteiger partial charge in [0.05, 0.1) is 17.0 Å². The van der Waals surface area contributed by atoms with Crippen molar-refractivity contribution in [3.8, 4) is 0 Å². The first-order valence-electron chi connectivity index (χ1n) is 10.9. The molecule has 4 nitrogen and oxygen atoms in total. The molecule has 0 aromatic heterocycles. The summed E-state index contributed by atoms with van der Waals surface area (Å²) in [4.78, 5) is 0.161. The zero-order valence-corrected chi connectivity index (χ0v) is 19.3. The van der Waals surface area contributed by atoms with E-state index in [4.69, 9.17) is 4.18 Å². The molecule has 4 rings (SSSR count). The normalized spacial score (nSPS) is 11.9. The third kappa shape index (κ3) is 5.06. The Morgan fingerprint density at radius 2 is 1.09 bits per heavy atom. The summed E-state index contributed by atoms with van der Waals surface area (Å²) in [5, 5.41) is 3.63. The highest BCUT2D eigenvalue weighted by Crippen LogP contribution is 2.36.